The highest BCUT2D eigenvalue weighted by atomic mass is 35.5. The number of H-pyrrole nitrogens is 1. The molecule has 0 aliphatic heterocycles. The zero-order valence-electron chi connectivity index (χ0n) is 17.4. The monoisotopic (exact) mass is 430 g/mol. The lowest BCUT2D eigenvalue weighted by molar-refractivity contribution is -0.139. The highest BCUT2D eigenvalue weighted by Gasteiger charge is 2.20. The molecule has 1 heterocycles. The van der Waals surface area contributed by atoms with Crippen molar-refractivity contribution in [1.29, 1.82) is 0 Å². The number of benzene rings is 2. The second kappa shape index (κ2) is 9.87. The number of carboxylic acid groups (broad SMARTS) is 1. The Labute approximate surface area is 181 Å². The van der Waals surface area contributed by atoms with E-state index in [1.165, 1.54) is 0 Å². The number of aromatic amines is 1. The summed E-state index contributed by atoms with van der Waals surface area (Å²) in [6.07, 6.45) is 2.18. The first-order valence-corrected chi connectivity index (χ1v) is 10.4. The Hall–Kier alpha value is -2.70. The van der Waals surface area contributed by atoms with Crippen LogP contribution in [0.4, 0.5) is 0 Å². The molecule has 0 fully saturated rings. The lowest BCUT2D eigenvalue weighted by Crippen LogP contribution is -2.38. The van der Waals surface area contributed by atoms with Gasteiger partial charge in [-0.1, -0.05) is 29.8 Å². The molecular formula is C23H27ClN2O4. The van der Waals surface area contributed by atoms with Crippen molar-refractivity contribution in [1.82, 2.24) is 10.3 Å². The summed E-state index contributed by atoms with van der Waals surface area (Å²) in [4.78, 5) is 15.0. The van der Waals surface area contributed by atoms with Gasteiger partial charge in [-0.15, -0.1) is 0 Å². The number of carboxylic acids is 1. The number of aromatic nitrogens is 1. The van der Waals surface area contributed by atoms with Crippen LogP contribution >= 0.6 is 11.6 Å². The summed E-state index contributed by atoms with van der Waals surface area (Å²) in [7, 11) is 0. The average Bonchev–Trinajstić information content (AvgIpc) is 3.10. The topological polar surface area (TPSA) is 83.6 Å². The summed E-state index contributed by atoms with van der Waals surface area (Å²) in [5.74, 6) is 0.154. The minimum absolute atomic E-state index is 0.0433. The van der Waals surface area contributed by atoms with Crippen LogP contribution < -0.4 is 14.8 Å². The minimum Gasteiger partial charge on any atom is -0.490 e. The van der Waals surface area contributed by atoms with Crippen molar-refractivity contribution >= 4 is 28.5 Å². The molecule has 7 heteroatoms. The maximum atomic E-state index is 11.9. The average molecular weight is 431 g/mol. The van der Waals surface area contributed by atoms with Crippen molar-refractivity contribution in [2.45, 2.75) is 45.9 Å². The molecule has 0 aliphatic carbocycles. The van der Waals surface area contributed by atoms with Crippen molar-refractivity contribution in [2.75, 3.05) is 6.61 Å². The Balaban J connectivity index is 1.76. The van der Waals surface area contributed by atoms with Crippen LogP contribution in [0.3, 0.4) is 0 Å². The van der Waals surface area contributed by atoms with Gasteiger partial charge in [-0.25, -0.2) is 0 Å². The molecule has 3 rings (SSSR count). The number of para-hydroxylation sites is 1. The van der Waals surface area contributed by atoms with Crippen molar-refractivity contribution in [2.24, 2.45) is 0 Å². The third-order valence-electron chi connectivity index (χ3n) is 4.67. The molecule has 0 aliphatic rings. The number of rotatable bonds is 10. The van der Waals surface area contributed by atoms with Crippen LogP contribution in [0.15, 0.2) is 42.6 Å². The summed E-state index contributed by atoms with van der Waals surface area (Å²) in [5.41, 5.74) is 2.77. The van der Waals surface area contributed by atoms with Crippen LogP contribution in [0.25, 0.3) is 10.9 Å². The highest BCUT2D eigenvalue weighted by molar-refractivity contribution is 6.32. The fraction of sp³-hybridized carbons (Fsp3) is 0.348. The molecule has 160 valence electrons. The highest BCUT2D eigenvalue weighted by Crippen LogP contribution is 2.37. The van der Waals surface area contributed by atoms with Crippen molar-refractivity contribution in [3.05, 3.63) is 58.7 Å². The number of carbonyl (C=O) groups is 1. The van der Waals surface area contributed by atoms with Gasteiger partial charge in [0.25, 0.3) is 0 Å². The Kier molecular flexibility index (Phi) is 7.24. The number of hydrogen-bond acceptors (Lipinski definition) is 4. The van der Waals surface area contributed by atoms with Gasteiger partial charge < -0.3 is 24.9 Å². The van der Waals surface area contributed by atoms with E-state index in [-0.39, 0.29) is 6.10 Å². The molecule has 0 saturated heterocycles. The van der Waals surface area contributed by atoms with Gasteiger partial charge in [0.2, 0.25) is 0 Å². The third-order valence-corrected chi connectivity index (χ3v) is 4.95. The van der Waals surface area contributed by atoms with E-state index in [1.54, 1.807) is 6.07 Å². The van der Waals surface area contributed by atoms with E-state index < -0.39 is 12.0 Å². The van der Waals surface area contributed by atoms with Crippen LogP contribution in [0.5, 0.6) is 11.5 Å². The van der Waals surface area contributed by atoms with Gasteiger partial charge in [-0.05, 0) is 50.1 Å². The predicted molar refractivity (Wildman–Crippen MR) is 119 cm³/mol. The van der Waals surface area contributed by atoms with E-state index in [2.05, 4.69) is 10.3 Å². The minimum atomic E-state index is -0.906. The summed E-state index contributed by atoms with van der Waals surface area (Å²) in [5, 5.41) is 14.3. The van der Waals surface area contributed by atoms with E-state index in [9.17, 15) is 9.90 Å². The lowest BCUT2D eigenvalue weighted by atomic mass is 10.0. The molecule has 0 saturated carbocycles. The largest absolute Gasteiger partial charge is 0.490 e. The quantitative estimate of drug-likeness (QED) is 0.430. The molecule has 0 spiro atoms. The van der Waals surface area contributed by atoms with E-state index in [4.69, 9.17) is 21.1 Å². The van der Waals surface area contributed by atoms with E-state index >= 15 is 0 Å². The molecule has 3 N–H and O–H groups in total. The van der Waals surface area contributed by atoms with Crippen LogP contribution in [-0.4, -0.2) is 34.8 Å². The molecule has 3 aromatic rings. The molecule has 2 aromatic carbocycles. The van der Waals surface area contributed by atoms with E-state index in [1.807, 2.05) is 57.3 Å². The van der Waals surface area contributed by atoms with Gasteiger partial charge in [0, 0.05) is 30.1 Å². The maximum Gasteiger partial charge on any atom is 0.321 e. The first-order valence-electron chi connectivity index (χ1n) is 10.0. The normalized spacial score (nSPS) is 12.3. The standard InChI is InChI=1S/C23H27ClN2O4/c1-4-29-21-10-15(9-18(24)22(21)30-14(2)3)12-25-20(23(27)28)11-16-13-26-19-8-6-5-7-17(16)19/h5-10,13-14,20,25-26H,4,11-12H2,1-3H3,(H,27,28)/t20-/m0/s1. The maximum absolute atomic E-state index is 11.9. The molecule has 0 unspecified atom stereocenters. The van der Waals surface area contributed by atoms with Gasteiger partial charge in [-0.3, -0.25) is 4.79 Å². The second-order valence-corrected chi connectivity index (χ2v) is 7.75. The lowest BCUT2D eigenvalue weighted by Gasteiger charge is -2.18. The van der Waals surface area contributed by atoms with Crippen molar-refractivity contribution < 1.29 is 19.4 Å². The molecule has 30 heavy (non-hydrogen) atoms. The van der Waals surface area contributed by atoms with Gasteiger partial charge in [0.15, 0.2) is 11.5 Å². The van der Waals surface area contributed by atoms with Crippen LogP contribution in [0, 0.1) is 0 Å². The first-order chi connectivity index (χ1) is 14.4. The SMILES string of the molecule is CCOc1cc(CN[C@@H](Cc2c[nH]c3ccccc23)C(=O)O)cc(Cl)c1OC(C)C. The smallest absolute Gasteiger partial charge is 0.321 e. The molecule has 0 bridgehead atoms. The van der Waals surface area contributed by atoms with Crippen molar-refractivity contribution in [3.8, 4) is 11.5 Å². The Bertz CT molecular complexity index is 1020. The van der Waals surface area contributed by atoms with Gasteiger partial charge in [-0.2, -0.15) is 0 Å². The second-order valence-electron chi connectivity index (χ2n) is 7.34. The predicted octanol–water partition coefficient (Wildman–Crippen LogP) is 4.79. The van der Waals surface area contributed by atoms with Gasteiger partial charge >= 0.3 is 5.97 Å². The summed E-state index contributed by atoms with van der Waals surface area (Å²) in [6, 6.07) is 10.7. The molecule has 1 atom stereocenters. The zero-order chi connectivity index (χ0) is 21.7. The number of ether oxygens (including phenoxy) is 2. The number of hydrogen-bond donors (Lipinski definition) is 3. The Morgan fingerprint density at radius 2 is 2.03 bits per heavy atom. The van der Waals surface area contributed by atoms with Gasteiger partial charge in [0.1, 0.15) is 6.04 Å². The molecular weight excluding hydrogens is 404 g/mol. The molecule has 6 nitrogen and oxygen atoms in total. The van der Waals surface area contributed by atoms with Crippen molar-refractivity contribution in [3.63, 3.8) is 0 Å². The summed E-state index contributed by atoms with van der Waals surface area (Å²) < 4.78 is 11.5. The number of aliphatic carboxylic acids is 1. The summed E-state index contributed by atoms with van der Waals surface area (Å²) in [6.45, 7) is 6.54. The first kappa shape index (κ1) is 22.0. The molecule has 1 aromatic heterocycles. The van der Waals surface area contributed by atoms with Crippen LogP contribution in [-0.2, 0) is 17.8 Å². The van der Waals surface area contributed by atoms with Crippen LogP contribution in [0.2, 0.25) is 5.02 Å². The third kappa shape index (κ3) is 5.26. The fourth-order valence-corrected chi connectivity index (χ4v) is 3.62. The number of halogens is 1. The Morgan fingerprint density at radius 3 is 2.73 bits per heavy atom. The number of nitrogens with one attached hydrogen (secondary N) is 2. The molecule has 0 amide bonds. The summed E-state index contributed by atoms with van der Waals surface area (Å²) >= 11 is 6.42. The van der Waals surface area contributed by atoms with Gasteiger partial charge in [0.05, 0.1) is 17.7 Å². The number of fused-ring (bicyclic) bond motifs is 1. The molecule has 0 radical (unpaired) electrons. The van der Waals surface area contributed by atoms with E-state index in [0.29, 0.717) is 36.1 Å². The fourth-order valence-electron chi connectivity index (χ4n) is 3.34. The van der Waals surface area contributed by atoms with E-state index in [0.717, 1.165) is 22.0 Å². The Morgan fingerprint density at radius 1 is 1.27 bits per heavy atom. The zero-order valence-corrected chi connectivity index (χ0v) is 18.1. The van der Waals surface area contributed by atoms with Crippen LogP contribution in [0.1, 0.15) is 31.9 Å².